The number of ketones is 1. The van der Waals surface area contributed by atoms with E-state index in [9.17, 15) is 9.59 Å². The van der Waals surface area contributed by atoms with Crippen LogP contribution in [0.1, 0.15) is 35.7 Å². The van der Waals surface area contributed by atoms with Crippen molar-refractivity contribution in [3.63, 3.8) is 0 Å². The second-order valence-corrected chi connectivity index (χ2v) is 5.14. The fourth-order valence-corrected chi connectivity index (χ4v) is 2.23. The molecule has 1 aromatic carbocycles. The molecule has 0 aromatic heterocycles. The Bertz CT molecular complexity index is 530. The van der Waals surface area contributed by atoms with Gasteiger partial charge in [-0.15, -0.1) is 0 Å². The molecule has 0 aliphatic carbocycles. The van der Waals surface area contributed by atoms with E-state index in [1.165, 1.54) is 0 Å². The van der Waals surface area contributed by atoms with Gasteiger partial charge in [0.1, 0.15) is 5.75 Å². The molecule has 23 heavy (non-hydrogen) atoms. The molecule has 6 heteroatoms. The summed E-state index contributed by atoms with van der Waals surface area (Å²) in [6.45, 7) is 4.32. The van der Waals surface area contributed by atoms with Gasteiger partial charge in [-0.3, -0.25) is 9.59 Å². The number of aliphatic hydroxyl groups excluding tert-OH is 1. The van der Waals surface area contributed by atoms with Crippen LogP contribution in [-0.2, 0) is 9.53 Å². The van der Waals surface area contributed by atoms with Crippen LogP contribution in [0.15, 0.2) is 18.2 Å². The second kappa shape index (κ2) is 9.97. The quantitative estimate of drug-likeness (QED) is 0.385. The lowest BCUT2D eigenvalue weighted by molar-refractivity contribution is -0.143. The Labute approximate surface area is 136 Å². The van der Waals surface area contributed by atoms with Crippen LogP contribution < -0.4 is 10.1 Å². The molecule has 1 atom stereocenters. The Morgan fingerprint density at radius 1 is 1.35 bits per heavy atom. The SMILES string of the molecule is CCOC(=O)CC(NCCCO)C(=O)c1ccc(OC)c(C)c1. The maximum absolute atomic E-state index is 12.7. The number of aryl methyl sites for hydroxylation is 1. The predicted molar refractivity (Wildman–Crippen MR) is 86.8 cm³/mol. The first kappa shape index (κ1) is 19.1. The topological polar surface area (TPSA) is 84.9 Å². The highest BCUT2D eigenvalue weighted by Gasteiger charge is 2.23. The molecule has 0 saturated heterocycles. The van der Waals surface area contributed by atoms with Crippen LogP contribution in [0.25, 0.3) is 0 Å². The molecule has 6 nitrogen and oxygen atoms in total. The van der Waals surface area contributed by atoms with Crippen LogP contribution in [0, 0.1) is 6.92 Å². The van der Waals surface area contributed by atoms with E-state index >= 15 is 0 Å². The molecule has 128 valence electrons. The smallest absolute Gasteiger partial charge is 0.307 e. The van der Waals surface area contributed by atoms with Gasteiger partial charge in [0.05, 0.1) is 26.2 Å². The minimum absolute atomic E-state index is 0.0228. The molecule has 0 aliphatic rings. The van der Waals surface area contributed by atoms with E-state index < -0.39 is 12.0 Å². The number of benzene rings is 1. The first-order valence-corrected chi connectivity index (χ1v) is 7.72. The number of ether oxygens (including phenoxy) is 2. The standard InChI is InChI=1S/C17H25NO5/c1-4-23-16(20)11-14(18-8-5-9-19)17(21)13-6-7-15(22-3)12(2)10-13/h6-7,10,14,18-19H,4-5,8-9,11H2,1-3H3. The van der Waals surface area contributed by atoms with Crippen molar-refractivity contribution >= 4 is 11.8 Å². The third kappa shape index (κ3) is 6.00. The van der Waals surface area contributed by atoms with Crippen molar-refractivity contribution in [2.45, 2.75) is 32.7 Å². The summed E-state index contributed by atoms with van der Waals surface area (Å²) in [5.41, 5.74) is 1.36. The van der Waals surface area contributed by atoms with Crippen LogP contribution >= 0.6 is 0 Å². The predicted octanol–water partition coefficient (Wildman–Crippen LogP) is 1.48. The first-order chi connectivity index (χ1) is 11.0. The van der Waals surface area contributed by atoms with Crippen molar-refractivity contribution < 1.29 is 24.2 Å². The molecule has 0 aliphatic heterocycles. The summed E-state index contributed by atoms with van der Waals surface area (Å²) in [5.74, 6) is 0.103. The Hall–Kier alpha value is -1.92. The summed E-state index contributed by atoms with van der Waals surface area (Å²) in [5, 5.41) is 11.9. The van der Waals surface area contributed by atoms with E-state index in [0.717, 1.165) is 5.56 Å². The molecule has 2 N–H and O–H groups in total. The Morgan fingerprint density at radius 2 is 2.09 bits per heavy atom. The van der Waals surface area contributed by atoms with E-state index in [0.29, 0.717) is 24.3 Å². The van der Waals surface area contributed by atoms with E-state index in [4.69, 9.17) is 14.6 Å². The van der Waals surface area contributed by atoms with Crippen molar-refractivity contribution in [2.24, 2.45) is 0 Å². The molecule has 0 spiro atoms. The lowest BCUT2D eigenvalue weighted by Crippen LogP contribution is -2.39. The number of nitrogens with one attached hydrogen (secondary N) is 1. The van der Waals surface area contributed by atoms with E-state index in [2.05, 4.69) is 5.32 Å². The van der Waals surface area contributed by atoms with Gasteiger partial charge in [-0.1, -0.05) is 0 Å². The zero-order valence-corrected chi connectivity index (χ0v) is 13.9. The molecule has 0 bridgehead atoms. The molecular formula is C17H25NO5. The number of esters is 1. The van der Waals surface area contributed by atoms with Gasteiger partial charge in [-0.05, 0) is 50.6 Å². The van der Waals surface area contributed by atoms with Gasteiger partial charge >= 0.3 is 5.97 Å². The van der Waals surface area contributed by atoms with Crippen molar-refractivity contribution in [3.05, 3.63) is 29.3 Å². The maximum atomic E-state index is 12.7. The van der Waals surface area contributed by atoms with Crippen LogP contribution in [-0.4, -0.2) is 49.8 Å². The number of hydrogen-bond acceptors (Lipinski definition) is 6. The van der Waals surface area contributed by atoms with Gasteiger partial charge in [0.2, 0.25) is 0 Å². The van der Waals surface area contributed by atoms with E-state index in [-0.39, 0.29) is 25.4 Å². The third-order valence-electron chi connectivity index (χ3n) is 3.40. The van der Waals surface area contributed by atoms with Crippen molar-refractivity contribution in [1.29, 1.82) is 0 Å². The van der Waals surface area contributed by atoms with Gasteiger partial charge in [-0.2, -0.15) is 0 Å². The average molecular weight is 323 g/mol. The number of hydrogen-bond donors (Lipinski definition) is 2. The summed E-state index contributed by atoms with van der Waals surface area (Å²) in [6.07, 6.45) is 0.470. The second-order valence-electron chi connectivity index (χ2n) is 5.14. The highest BCUT2D eigenvalue weighted by Crippen LogP contribution is 2.20. The average Bonchev–Trinajstić information content (AvgIpc) is 2.53. The van der Waals surface area contributed by atoms with Gasteiger partial charge in [-0.25, -0.2) is 0 Å². The molecule has 0 fully saturated rings. The summed E-state index contributed by atoms with van der Waals surface area (Å²) < 4.78 is 10.1. The number of methoxy groups -OCH3 is 1. The molecule has 0 saturated carbocycles. The molecule has 0 amide bonds. The molecule has 0 heterocycles. The highest BCUT2D eigenvalue weighted by atomic mass is 16.5. The third-order valence-corrected chi connectivity index (χ3v) is 3.40. The largest absolute Gasteiger partial charge is 0.496 e. The number of Topliss-reactive ketones (excluding diaryl/α,β-unsaturated/α-hetero) is 1. The Balaban J connectivity index is 2.88. The number of carbonyl (C=O) groups excluding carboxylic acids is 2. The molecular weight excluding hydrogens is 298 g/mol. The van der Waals surface area contributed by atoms with Gasteiger partial charge in [0.25, 0.3) is 0 Å². The fourth-order valence-electron chi connectivity index (χ4n) is 2.23. The summed E-state index contributed by atoms with van der Waals surface area (Å²) in [6, 6.07) is 4.48. The van der Waals surface area contributed by atoms with E-state index in [1.807, 2.05) is 6.92 Å². The van der Waals surface area contributed by atoms with Crippen molar-refractivity contribution in [1.82, 2.24) is 5.32 Å². The van der Waals surface area contributed by atoms with Crippen LogP contribution in [0.2, 0.25) is 0 Å². The van der Waals surface area contributed by atoms with Crippen LogP contribution in [0.3, 0.4) is 0 Å². The maximum Gasteiger partial charge on any atom is 0.307 e. The van der Waals surface area contributed by atoms with Crippen molar-refractivity contribution in [2.75, 3.05) is 26.9 Å². The summed E-state index contributed by atoms with van der Waals surface area (Å²) in [7, 11) is 1.57. The number of carbonyl (C=O) groups is 2. The Kier molecular flexibility index (Phi) is 8.29. The highest BCUT2D eigenvalue weighted by molar-refractivity contribution is 6.02. The lowest BCUT2D eigenvalue weighted by atomic mass is 9.99. The number of rotatable bonds is 10. The Morgan fingerprint density at radius 3 is 2.65 bits per heavy atom. The molecule has 0 radical (unpaired) electrons. The number of aliphatic hydroxyl groups is 1. The van der Waals surface area contributed by atoms with Gasteiger partial charge < -0.3 is 19.9 Å². The molecule has 1 unspecified atom stereocenters. The first-order valence-electron chi connectivity index (χ1n) is 7.72. The van der Waals surface area contributed by atoms with Gasteiger partial charge in [0.15, 0.2) is 5.78 Å². The summed E-state index contributed by atoms with van der Waals surface area (Å²) >= 11 is 0. The summed E-state index contributed by atoms with van der Waals surface area (Å²) in [4.78, 5) is 24.4. The zero-order valence-electron chi connectivity index (χ0n) is 13.9. The van der Waals surface area contributed by atoms with Crippen molar-refractivity contribution in [3.8, 4) is 5.75 Å². The zero-order chi connectivity index (χ0) is 17.2. The normalized spacial score (nSPS) is 11.8. The molecule has 1 rings (SSSR count). The minimum atomic E-state index is -0.673. The monoisotopic (exact) mass is 323 g/mol. The van der Waals surface area contributed by atoms with Crippen LogP contribution in [0.5, 0.6) is 5.75 Å². The minimum Gasteiger partial charge on any atom is -0.496 e. The molecule has 1 aromatic rings. The van der Waals surface area contributed by atoms with Gasteiger partial charge in [0, 0.05) is 12.2 Å². The fraction of sp³-hybridized carbons (Fsp3) is 0.529. The van der Waals surface area contributed by atoms with Crippen LogP contribution in [0.4, 0.5) is 0 Å². The van der Waals surface area contributed by atoms with E-state index in [1.54, 1.807) is 32.2 Å². The lowest BCUT2D eigenvalue weighted by Gasteiger charge is -2.17.